The van der Waals surface area contributed by atoms with Gasteiger partial charge in [-0.15, -0.1) is 4.59 Å². The van der Waals surface area contributed by atoms with E-state index in [0.717, 1.165) is 18.4 Å². The number of carbonyl (C=O) groups excluding carboxylic acids is 1. The van der Waals surface area contributed by atoms with E-state index in [2.05, 4.69) is 0 Å². The van der Waals surface area contributed by atoms with E-state index in [0.29, 0.717) is 13.0 Å². The van der Waals surface area contributed by atoms with Crippen LogP contribution in [0.1, 0.15) is 24.8 Å². The number of aliphatic hydroxyl groups is 1. The second-order valence-corrected chi connectivity index (χ2v) is 5.13. The van der Waals surface area contributed by atoms with Crippen LogP contribution < -0.4 is 5.84 Å². The summed E-state index contributed by atoms with van der Waals surface area (Å²) in [6.07, 6.45) is 1.42. The van der Waals surface area contributed by atoms with Crippen molar-refractivity contribution in [2.75, 3.05) is 13.1 Å². The topological polar surface area (TPSA) is 72.6 Å². The van der Waals surface area contributed by atoms with Gasteiger partial charge in [-0.1, -0.05) is 30.3 Å². The predicted molar refractivity (Wildman–Crippen MR) is 70.7 cm³/mol. The van der Waals surface area contributed by atoms with Gasteiger partial charge in [0, 0.05) is 0 Å². The van der Waals surface area contributed by atoms with Crippen LogP contribution >= 0.6 is 0 Å². The molecule has 19 heavy (non-hydrogen) atoms. The van der Waals surface area contributed by atoms with E-state index in [1.54, 1.807) is 0 Å². The largest absolute Gasteiger partial charge is 0.536 e. The highest BCUT2D eigenvalue weighted by Crippen LogP contribution is 2.16. The van der Waals surface area contributed by atoms with Crippen LogP contribution in [0, 0.1) is 0 Å². The molecule has 2 atom stereocenters. The van der Waals surface area contributed by atoms with E-state index < -0.39 is 12.2 Å². The highest BCUT2D eigenvalue weighted by atomic mass is 16.6. The molecule has 0 saturated carbocycles. The molecule has 0 aromatic heterocycles. The molecule has 0 aliphatic carbocycles. The Morgan fingerprint density at radius 2 is 2.11 bits per heavy atom. The molecule has 3 N–H and O–H groups in total. The summed E-state index contributed by atoms with van der Waals surface area (Å²) in [5, 5.41) is 9.76. The number of carbonyl (C=O) groups is 1. The molecule has 1 aromatic carbocycles. The van der Waals surface area contributed by atoms with E-state index in [4.69, 9.17) is 10.6 Å². The maximum atomic E-state index is 12.1. The highest BCUT2D eigenvalue weighted by molar-refractivity contribution is 5.59. The van der Waals surface area contributed by atoms with Gasteiger partial charge in [0.15, 0.2) is 0 Å². The number of benzene rings is 1. The molecule has 2 unspecified atom stereocenters. The zero-order valence-corrected chi connectivity index (χ0v) is 11.0. The van der Waals surface area contributed by atoms with Crippen molar-refractivity contribution in [3.05, 3.63) is 35.9 Å². The molecule has 1 heterocycles. The van der Waals surface area contributed by atoms with Crippen molar-refractivity contribution in [1.82, 2.24) is 0 Å². The molecule has 0 radical (unpaired) electrons. The molecular weight excluding hydrogens is 244 g/mol. The third kappa shape index (κ3) is 3.76. The summed E-state index contributed by atoms with van der Waals surface area (Å²) >= 11 is 0. The zero-order valence-electron chi connectivity index (χ0n) is 11.0. The lowest BCUT2D eigenvalue weighted by molar-refractivity contribution is -0.872. The minimum atomic E-state index is -0.531. The van der Waals surface area contributed by atoms with Gasteiger partial charge < -0.3 is 9.84 Å². The van der Waals surface area contributed by atoms with E-state index in [1.165, 1.54) is 0 Å². The van der Waals surface area contributed by atoms with Gasteiger partial charge >= 0.3 is 6.09 Å². The van der Waals surface area contributed by atoms with Crippen LogP contribution in [-0.2, 0) is 11.3 Å². The fourth-order valence-corrected chi connectivity index (χ4v) is 2.35. The van der Waals surface area contributed by atoms with E-state index in [9.17, 15) is 9.90 Å². The summed E-state index contributed by atoms with van der Waals surface area (Å²) in [6, 6.07) is 9.49. The van der Waals surface area contributed by atoms with Gasteiger partial charge in [-0.3, -0.25) is 0 Å². The van der Waals surface area contributed by atoms with Crippen molar-refractivity contribution in [1.29, 1.82) is 0 Å². The number of amides is 1. The van der Waals surface area contributed by atoms with Crippen LogP contribution in [0.4, 0.5) is 4.79 Å². The fraction of sp³-hybridized carbons (Fsp3) is 0.500. The van der Waals surface area contributed by atoms with Crippen LogP contribution in [0.15, 0.2) is 30.3 Å². The molecule has 0 bridgehead atoms. The van der Waals surface area contributed by atoms with Crippen molar-refractivity contribution < 1.29 is 19.2 Å². The first-order valence-electron chi connectivity index (χ1n) is 6.65. The number of ether oxygens (including phenoxy) is 1. The molecule has 5 nitrogen and oxygen atoms in total. The summed E-state index contributed by atoms with van der Waals surface area (Å²) < 4.78 is 4.95. The fourth-order valence-electron chi connectivity index (χ4n) is 2.35. The second kappa shape index (κ2) is 6.14. The van der Waals surface area contributed by atoms with Crippen LogP contribution in [0.5, 0.6) is 0 Å². The maximum absolute atomic E-state index is 12.1. The third-order valence-corrected chi connectivity index (χ3v) is 3.45. The Kier molecular flexibility index (Phi) is 4.52. The van der Waals surface area contributed by atoms with Crippen molar-refractivity contribution >= 4 is 6.09 Å². The number of quaternary nitrogens is 1. The van der Waals surface area contributed by atoms with E-state index in [1.807, 2.05) is 30.3 Å². The lowest BCUT2D eigenvalue weighted by Crippen LogP contribution is -2.61. The van der Waals surface area contributed by atoms with Gasteiger partial charge in [-0.2, -0.15) is 10.6 Å². The molecule has 2 rings (SSSR count). The van der Waals surface area contributed by atoms with Crippen LogP contribution in [0.25, 0.3) is 0 Å². The van der Waals surface area contributed by atoms with Crippen LogP contribution in [0.2, 0.25) is 0 Å². The van der Waals surface area contributed by atoms with Gasteiger partial charge in [0.25, 0.3) is 0 Å². The van der Waals surface area contributed by atoms with Gasteiger partial charge in [-0.05, 0) is 24.8 Å². The third-order valence-electron chi connectivity index (χ3n) is 3.45. The van der Waals surface area contributed by atoms with Crippen molar-refractivity contribution in [3.63, 3.8) is 0 Å². The Balaban J connectivity index is 1.94. The average Bonchev–Trinajstić information content (AvgIpc) is 2.59. The average molecular weight is 265 g/mol. The van der Waals surface area contributed by atoms with Crippen molar-refractivity contribution in [2.24, 2.45) is 5.84 Å². The predicted octanol–water partition coefficient (Wildman–Crippen LogP) is 1.56. The first-order valence-corrected chi connectivity index (χ1v) is 6.65. The summed E-state index contributed by atoms with van der Waals surface area (Å²) in [5.41, 5.74) is 0.929. The van der Waals surface area contributed by atoms with E-state index >= 15 is 0 Å². The monoisotopic (exact) mass is 265 g/mol. The number of nitrogens with two attached hydrogens (primary N) is 1. The normalized spacial score (nSPS) is 27.6. The maximum Gasteiger partial charge on any atom is 0.536 e. The summed E-state index contributed by atoms with van der Waals surface area (Å²) in [4.78, 5) is 12.1. The number of nitrogens with zero attached hydrogens (tertiary/aromatic N) is 1. The Labute approximate surface area is 113 Å². The van der Waals surface area contributed by atoms with E-state index in [-0.39, 0.29) is 17.7 Å². The van der Waals surface area contributed by atoms with Gasteiger partial charge in [-0.25, -0.2) is 0 Å². The summed E-state index contributed by atoms with van der Waals surface area (Å²) in [5.74, 6) is 6.06. The quantitative estimate of drug-likeness (QED) is 0.483. The Morgan fingerprint density at radius 3 is 2.84 bits per heavy atom. The minimum Gasteiger partial charge on any atom is -0.414 e. The number of aliphatic hydroxyl groups excluding tert-OH is 1. The molecule has 1 fully saturated rings. The van der Waals surface area contributed by atoms with Crippen molar-refractivity contribution in [2.45, 2.75) is 32.0 Å². The zero-order chi connectivity index (χ0) is 13.7. The Morgan fingerprint density at radius 1 is 1.37 bits per heavy atom. The lowest BCUT2D eigenvalue weighted by Gasteiger charge is -2.28. The van der Waals surface area contributed by atoms with Crippen LogP contribution in [-0.4, -0.2) is 35.0 Å². The summed E-state index contributed by atoms with van der Waals surface area (Å²) in [7, 11) is 0. The van der Waals surface area contributed by atoms with Crippen LogP contribution in [0.3, 0.4) is 0 Å². The first kappa shape index (κ1) is 14.0. The number of rotatable bonds is 2. The SMILES string of the molecule is N[N+]1(C(=O)OCc2ccccc2)CCCCC(O)C1. The van der Waals surface area contributed by atoms with Gasteiger partial charge in [0.1, 0.15) is 25.8 Å². The molecule has 5 heteroatoms. The Hall–Kier alpha value is -1.43. The first-order chi connectivity index (χ1) is 9.10. The molecular formula is C14H21N2O3+. The highest BCUT2D eigenvalue weighted by Gasteiger charge is 2.39. The van der Waals surface area contributed by atoms with Crippen molar-refractivity contribution in [3.8, 4) is 0 Å². The number of hydrogen-bond acceptors (Lipinski definition) is 4. The molecule has 0 spiro atoms. The second-order valence-electron chi connectivity index (χ2n) is 5.13. The number of hydrogen-bond donors (Lipinski definition) is 2. The van der Waals surface area contributed by atoms with Gasteiger partial charge in [0.05, 0.1) is 0 Å². The lowest BCUT2D eigenvalue weighted by atomic mass is 10.2. The smallest absolute Gasteiger partial charge is 0.414 e. The molecule has 1 aliphatic heterocycles. The molecule has 1 aromatic rings. The standard InChI is InChI=1S/C14H21N2O3/c15-16(9-5-4-8-13(17)10-16)14(18)19-11-12-6-2-1-3-7-12/h1-3,6-7,13,17H,4-5,8-11,15H2/q+1. The molecule has 1 aliphatic rings. The Bertz CT molecular complexity index is 424. The minimum absolute atomic E-state index is 0.215. The molecule has 104 valence electrons. The van der Waals surface area contributed by atoms with Gasteiger partial charge in [0.2, 0.25) is 0 Å². The summed E-state index contributed by atoms with van der Waals surface area (Å²) in [6.45, 7) is 0.964. The molecule has 1 amide bonds. The number of likely N-dealkylation sites (tertiary alicyclic amines) is 1. The molecule has 1 saturated heterocycles.